The van der Waals surface area contributed by atoms with Gasteiger partial charge in [-0.05, 0) is 43.3 Å². The molecule has 0 atom stereocenters. The molecule has 0 spiro atoms. The molecule has 23 heavy (non-hydrogen) atoms. The fourth-order valence-electron chi connectivity index (χ4n) is 1.62. The van der Waals surface area contributed by atoms with Crippen LogP contribution in [-0.2, 0) is 12.6 Å². The summed E-state index contributed by atoms with van der Waals surface area (Å²) in [6.45, 7) is 3.09. The minimum atomic E-state index is -11.2. The third kappa shape index (κ3) is 24.1. The molecule has 0 heterocycles. The summed E-state index contributed by atoms with van der Waals surface area (Å²) >= 11 is -7.79. The van der Waals surface area contributed by atoms with Crippen LogP contribution < -0.4 is 4.74 Å². The van der Waals surface area contributed by atoms with Crippen LogP contribution in [-0.4, -0.2) is 26.1 Å². The van der Waals surface area contributed by atoms with Gasteiger partial charge < -0.3 is 4.74 Å². The Morgan fingerprint density at radius 2 is 1.26 bits per heavy atom. The van der Waals surface area contributed by atoms with Gasteiger partial charge in [-0.15, -0.1) is 0 Å². The molecule has 0 N–H and O–H groups in total. The van der Waals surface area contributed by atoms with E-state index in [1.807, 2.05) is 24.3 Å². The Morgan fingerprint density at radius 3 is 1.74 bits per heavy atom. The average Bonchev–Trinajstić information content (AvgIpc) is 2.36. The summed E-state index contributed by atoms with van der Waals surface area (Å²) in [5.74, 6) is 0.968. The van der Waals surface area contributed by atoms with Crippen molar-refractivity contribution in [3.63, 3.8) is 0 Å². The van der Waals surface area contributed by atoms with Crippen molar-refractivity contribution in [2.75, 3.05) is 6.61 Å². The number of halogens is 6. The molecule has 0 saturated heterocycles. The summed E-state index contributed by atoms with van der Waals surface area (Å²) in [4.78, 5) is 1.09. The van der Waals surface area contributed by atoms with Crippen molar-refractivity contribution in [1.29, 1.82) is 0 Å². The second kappa shape index (κ2) is 8.74. The SMILES string of the molecule is CCCCCCCCOc1ccc([SH2+])cc1.[F][Sb-]([F])([F])([F])([F])[F]. The first-order valence-corrected chi connectivity index (χ1v) is 13.6. The van der Waals surface area contributed by atoms with E-state index in [-0.39, 0.29) is 0 Å². The molecule has 0 amide bonds. The zero-order valence-electron chi connectivity index (χ0n) is 12.9. The Labute approximate surface area is 140 Å². The van der Waals surface area contributed by atoms with Gasteiger partial charge in [-0.25, -0.2) is 0 Å². The van der Waals surface area contributed by atoms with Gasteiger partial charge in [0, 0.05) is 0 Å². The predicted molar refractivity (Wildman–Crippen MR) is 86.1 cm³/mol. The van der Waals surface area contributed by atoms with E-state index in [0.29, 0.717) is 0 Å². The Balaban J connectivity index is 0.000000585. The molecule has 0 unspecified atom stereocenters. The zero-order chi connectivity index (χ0) is 18.0. The molecule has 0 aliphatic carbocycles. The van der Waals surface area contributed by atoms with Crippen molar-refractivity contribution in [1.82, 2.24) is 0 Å². The van der Waals surface area contributed by atoms with Crippen molar-refractivity contribution < 1.29 is 21.6 Å². The van der Waals surface area contributed by atoms with Gasteiger partial charge in [0.1, 0.15) is 5.75 Å². The van der Waals surface area contributed by atoms with E-state index in [2.05, 4.69) is 19.6 Å². The van der Waals surface area contributed by atoms with Gasteiger partial charge in [0.05, 0.1) is 6.61 Å². The van der Waals surface area contributed by atoms with Gasteiger partial charge >= 0.3 is 36.4 Å². The van der Waals surface area contributed by atoms with Gasteiger partial charge in [-0.2, -0.15) is 0 Å². The number of hydrogen-bond acceptors (Lipinski definition) is 1. The van der Waals surface area contributed by atoms with Crippen LogP contribution in [0.2, 0.25) is 0 Å². The summed E-state index contributed by atoms with van der Waals surface area (Å²) in [6, 6.07) is 8.01. The van der Waals surface area contributed by atoms with Crippen LogP contribution in [0.1, 0.15) is 45.4 Å². The van der Waals surface area contributed by atoms with Crippen molar-refractivity contribution in [2.45, 2.75) is 50.3 Å². The number of ether oxygens (including phenoxy) is 1. The molecule has 0 fully saturated rings. The summed E-state index contributed by atoms with van der Waals surface area (Å²) in [7, 11) is 0. The number of rotatable bonds is 8. The molecule has 0 aromatic heterocycles. The maximum atomic E-state index is 9.93. The fraction of sp³-hybridized carbons (Fsp3) is 0.571. The molecular formula is C14H23F6OSSb. The molecule has 0 saturated carbocycles. The number of benzene rings is 1. The Kier molecular flexibility index (Phi) is 8.66. The molecule has 1 nitrogen and oxygen atoms in total. The third-order valence-corrected chi connectivity index (χ3v) is 2.95. The standard InChI is InChI=1S/C14H22OS.6FH.Sb/c1-2-3-4-5-6-7-12-15-13-8-10-14(16)11-9-13;;;;;;;/h8-11,16H,2-7,12H2,1H3;6*1H;/q;;;;;;;+5/p-5. The second-order valence-electron chi connectivity index (χ2n) is 5.10. The quantitative estimate of drug-likeness (QED) is 0.196. The van der Waals surface area contributed by atoms with Gasteiger partial charge in [0.25, 0.3) is 0 Å². The fourth-order valence-corrected chi connectivity index (χ4v) is 1.79. The van der Waals surface area contributed by atoms with E-state index in [1.165, 1.54) is 38.5 Å². The molecule has 0 aliphatic heterocycles. The van der Waals surface area contributed by atoms with Crippen LogP contribution in [0.3, 0.4) is 0 Å². The van der Waals surface area contributed by atoms with E-state index in [1.54, 1.807) is 0 Å². The third-order valence-electron chi connectivity index (χ3n) is 2.62. The number of unbranched alkanes of at least 4 members (excludes halogenated alkanes) is 5. The summed E-state index contributed by atoms with van der Waals surface area (Å²) < 4.78 is 65.2. The van der Waals surface area contributed by atoms with E-state index < -0.39 is 19.5 Å². The van der Waals surface area contributed by atoms with Crippen LogP contribution >= 0.6 is 0 Å². The predicted octanol–water partition coefficient (Wildman–Crippen LogP) is 5.94. The summed E-state index contributed by atoms with van der Waals surface area (Å²) in [6.07, 6.45) is 7.85. The summed E-state index contributed by atoms with van der Waals surface area (Å²) in [5.41, 5.74) is 0. The Hall–Kier alpha value is -0.232. The van der Waals surface area contributed by atoms with Crippen LogP contribution in [0.25, 0.3) is 0 Å². The number of hydrogen-bond donors (Lipinski definition) is 0. The van der Waals surface area contributed by atoms with Crippen molar-refractivity contribution >= 4 is 32.1 Å². The van der Waals surface area contributed by atoms with Crippen molar-refractivity contribution in [2.24, 2.45) is 0 Å². The molecule has 0 aliphatic rings. The first-order valence-electron chi connectivity index (χ1n) is 7.29. The molecule has 1 aromatic carbocycles. The molecule has 0 bridgehead atoms. The monoisotopic (exact) mass is 474 g/mol. The molecular weight excluding hydrogens is 452 g/mol. The van der Waals surface area contributed by atoms with Crippen LogP contribution in [0.4, 0.5) is 16.9 Å². The van der Waals surface area contributed by atoms with Crippen LogP contribution in [0.5, 0.6) is 5.75 Å². The topological polar surface area (TPSA) is 9.23 Å². The van der Waals surface area contributed by atoms with E-state index in [4.69, 9.17) is 4.74 Å². The van der Waals surface area contributed by atoms with E-state index in [9.17, 15) is 16.9 Å². The molecule has 9 heteroatoms. The van der Waals surface area contributed by atoms with E-state index >= 15 is 0 Å². The first-order chi connectivity index (χ1) is 10.3. The van der Waals surface area contributed by atoms with Gasteiger partial charge in [-0.3, -0.25) is 0 Å². The Bertz CT molecular complexity index is 434. The molecule has 1 aromatic rings. The van der Waals surface area contributed by atoms with Crippen molar-refractivity contribution in [3.05, 3.63) is 24.3 Å². The van der Waals surface area contributed by atoms with E-state index in [0.717, 1.165) is 17.3 Å². The minimum absolute atomic E-state index is 0.840. The Morgan fingerprint density at radius 1 is 0.826 bits per heavy atom. The average molecular weight is 475 g/mol. The molecule has 0 radical (unpaired) electrons. The molecule has 138 valence electrons. The first kappa shape index (κ1) is 22.8. The van der Waals surface area contributed by atoms with Gasteiger partial charge in [0.15, 0.2) is 4.90 Å². The van der Waals surface area contributed by atoms with Crippen molar-refractivity contribution in [3.8, 4) is 5.75 Å². The van der Waals surface area contributed by atoms with Gasteiger partial charge in [0.2, 0.25) is 0 Å². The molecule has 1 rings (SSSR count). The zero-order valence-corrected chi connectivity index (χ0v) is 16.4. The normalized spacial score (nSPS) is 14.3. The summed E-state index contributed by atoms with van der Waals surface area (Å²) in [5, 5.41) is 0. The maximum absolute atomic E-state index is 11.2. The second-order valence-corrected chi connectivity index (χ2v) is 11.1. The van der Waals surface area contributed by atoms with Crippen LogP contribution in [0, 0.1) is 0 Å². The van der Waals surface area contributed by atoms with Gasteiger partial charge in [-0.1, -0.05) is 39.0 Å². The van der Waals surface area contributed by atoms with Crippen LogP contribution in [0.15, 0.2) is 29.2 Å².